The monoisotopic (exact) mass is 283 g/mol. The molecule has 0 aromatic heterocycles. The van der Waals surface area contributed by atoms with E-state index in [1.165, 1.54) is 12.1 Å². The molecule has 1 aliphatic heterocycles. The van der Waals surface area contributed by atoms with Crippen LogP contribution in [-0.2, 0) is 15.1 Å². The maximum Gasteiger partial charge on any atom is 0.307 e. The molecule has 1 unspecified atom stereocenters. The predicted octanol–water partition coefficient (Wildman–Crippen LogP) is 2.27. The number of ether oxygens (including phenoxy) is 1. The van der Waals surface area contributed by atoms with Crippen LogP contribution >= 0.6 is 12.6 Å². The van der Waals surface area contributed by atoms with Crippen LogP contribution in [0.5, 0.6) is 0 Å². The van der Waals surface area contributed by atoms with Crippen molar-refractivity contribution in [1.82, 2.24) is 5.32 Å². The lowest BCUT2D eigenvalue weighted by Crippen LogP contribution is -2.46. The molecule has 0 bridgehead atoms. The topological polar surface area (TPSA) is 38.3 Å². The number of esters is 1. The SMILES string of the molecule is O=C(CCS)OC1(c2ccc(F)cc2)CCCNC1. The van der Waals surface area contributed by atoms with Gasteiger partial charge in [-0.2, -0.15) is 12.6 Å². The largest absolute Gasteiger partial charge is 0.453 e. The summed E-state index contributed by atoms with van der Waals surface area (Å²) < 4.78 is 18.7. The molecule has 104 valence electrons. The van der Waals surface area contributed by atoms with Gasteiger partial charge >= 0.3 is 5.97 Å². The Hall–Kier alpha value is -1.07. The van der Waals surface area contributed by atoms with Crippen LogP contribution in [0, 0.1) is 5.82 Å². The van der Waals surface area contributed by atoms with Crippen molar-refractivity contribution < 1.29 is 13.9 Å². The predicted molar refractivity (Wildman–Crippen MR) is 74.7 cm³/mol. The van der Waals surface area contributed by atoms with Crippen molar-refractivity contribution in [3.05, 3.63) is 35.6 Å². The summed E-state index contributed by atoms with van der Waals surface area (Å²) in [6.45, 7) is 1.48. The van der Waals surface area contributed by atoms with Gasteiger partial charge in [-0.15, -0.1) is 0 Å². The minimum absolute atomic E-state index is 0.261. The fourth-order valence-corrected chi connectivity index (χ4v) is 2.57. The minimum Gasteiger partial charge on any atom is -0.453 e. The Morgan fingerprint density at radius 3 is 2.74 bits per heavy atom. The van der Waals surface area contributed by atoms with Gasteiger partial charge in [-0.3, -0.25) is 4.79 Å². The zero-order valence-corrected chi connectivity index (χ0v) is 11.6. The van der Waals surface area contributed by atoms with Crippen LogP contribution < -0.4 is 5.32 Å². The third-order valence-corrected chi connectivity index (χ3v) is 3.56. The van der Waals surface area contributed by atoms with Gasteiger partial charge < -0.3 is 10.1 Å². The molecule has 1 aromatic carbocycles. The Bertz CT molecular complexity index is 430. The van der Waals surface area contributed by atoms with Crippen molar-refractivity contribution in [3.8, 4) is 0 Å². The summed E-state index contributed by atoms with van der Waals surface area (Å²) in [5.41, 5.74) is 0.167. The van der Waals surface area contributed by atoms with Crippen LogP contribution in [0.15, 0.2) is 24.3 Å². The van der Waals surface area contributed by atoms with Gasteiger partial charge in [-0.05, 0) is 37.1 Å². The zero-order chi connectivity index (χ0) is 13.7. The second-order valence-electron chi connectivity index (χ2n) is 4.73. The number of piperidine rings is 1. The van der Waals surface area contributed by atoms with Crippen molar-refractivity contribution in [2.24, 2.45) is 0 Å². The Morgan fingerprint density at radius 2 is 2.16 bits per heavy atom. The Labute approximate surface area is 117 Å². The third-order valence-electron chi connectivity index (χ3n) is 3.34. The summed E-state index contributed by atoms with van der Waals surface area (Å²) in [7, 11) is 0. The molecule has 2 rings (SSSR count). The second kappa shape index (κ2) is 6.39. The minimum atomic E-state index is -0.675. The van der Waals surface area contributed by atoms with Gasteiger partial charge in [-0.1, -0.05) is 12.1 Å². The number of rotatable bonds is 4. The first-order valence-corrected chi connectivity index (χ1v) is 7.09. The van der Waals surface area contributed by atoms with E-state index < -0.39 is 5.60 Å². The highest BCUT2D eigenvalue weighted by molar-refractivity contribution is 7.80. The van der Waals surface area contributed by atoms with Gasteiger partial charge in [0.05, 0.1) is 6.42 Å². The van der Waals surface area contributed by atoms with E-state index in [-0.39, 0.29) is 18.2 Å². The number of hydrogen-bond donors (Lipinski definition) is 2. The van der Waals surface area contributed by atoms with Crippen LogP contribution in [0.3, 0.4) is 0 Å². The van der Waals surface area contributed by atoms with Crippen molar-refractivity contribution in [3.63, 3.8) is 0 Å². The molecule has 1 N–H and O–H groups in total. The highest BCUT2D eigenvalue weighted by Gasteiger charge is 2.37. The molecular formula is C14H18FNO2S. The molecule has 0 spiro atoms. The van der Waals surface area contributed by atoms with Gasteiger partial charge in [0.1, 0.15) is 11.4 Å². The molecule has 0 radical (unpaired) electrons. The lowest BCUT2D eigenvalue weighted by atomic mass is 9.86. The number of carbonyl (C=O) groups excluding carboxylic acids is 1. The van der Waals surface area contributed by atoms with E-state index in [0.29, 0.717) is 12.3 Å². The van der Waals surface area contributed by atoms with Gasteiger partial charge in [0.15, 0.2) is 0 Å². The first-order chi connectivity index (χ1) is 9.16. The number of halogens is 1. The smallest absolute Gasteiger partial charge is 0.307 e. The number of thiol groups is 1. The third kappa shape index (κ3) is 3.48. The number of benzene rings is 1. The number of nitrogens with one attached hydrogen (secondary N) is 1. The molecule has 1 saturated heterocycles. The molecule has 1 atom stereocenters. The summed E-state index contributed by atoms with van der Waals surface area (Å²) in [5, 5.41) is 3.25. The van der Waals surface area contributed by atoms with Crippen molar-refractivity contribution in [2.45, 2.75) is 24.9 Å². The zero-order valence-electron chi connectivity index (χ0n) is 10.7. The molecule has 1 aliphatic rings. The van der Waals surface area contributed by atoms with E-state index in [0.717, 1.165) is 24.9 Å². The van der Waals surface area contributed by atoms with Gasteiger partial charge in [-0.25, -0.2) is 4.39 Å². The molecule has 1 fully saturated rings. The highest BCUT2D eigenvalue weighted by Crippen LogP contribution is 2.33. The van der Waals surface area contributed by atoms with E-state index in [1.54, 1.807) is 12.1 Å². The fourth-order valence-electron chi connectivity index (χ4n) is 2.38. The second-order valence-corrected chi connectivity index (χ2v) is 5.18. The van der Waals surface area contributed by atoms with Crippen LogP contribution in [0.1, 0.15) is 24.8 Å². The van der Waals surface area contributed by atoms with Crippen molar-refractivity contribution in [1.29, 1.82) is 0 Å². The van der Waals surface area contributed by atoms with E-state index in [9.17, 15) is 9.18 Å². The molecule has 0 aliphatic carbocycles. The molecule has 5 heteroatoms. The van der Waals surface area contributed by atoms with Gasteiger partial charge in [0, 0.05) is 12.3 Å². The van der Waals surface area contributed by atoms with E-state index in [2.05, 4.69) is 17.9 Å². The average molecular weight is 283 g/mol. The van der Waals surface area contributed by atoms with Crippen LogP contribution in [0.25, 0.3) is 0 Å². The molecule has 0 saturated carbocycles. The Balaban J connectivity index is 2.23. The van der Waals surface area contributed by atoms with Crippen molar-refractivity contribution >= 4 is 18.6 Å². The molecule has 1 heterocycles. The summed E-state index contributed by atoms with van der Waals surface area (Å²) in [5.74, 6) is -0.0847. The normalized spacial score (nSPS) is 23.1. The summed E-state index contributed by atoms with van der Waals surface area (Å²) in [6.07, 6.45) is 1.96. The van der Waals surface area contributed by atoms with E-state index >= 15 is 0 Å². The van der Waals surface area contributed by atoms with Crippen LogP contribution in [0.2, 0.25) is 0 Å². The summed E-state index contributed by atoms with van der Waals surface area (Å²) in [4.78, 5) is 11.8. The molecule has 3 nitrogen and oxygen atoms in total. The number of carbonyl (C=O) groups is 1. The standard InChI is InChI=1S/C14H18FNO2S/c15-12-4-2-11(3-5-12)14(7-1-8-16-10-14)18-13(17)6-9-19/h2-5,16,19H,1,6-10H2. The van der Waals surface area contributed by atoms with Gasteiger partial charge in [0.25, 0.3) is 0 Å². The molecular weight excluding hydrogens is 265 g/mol. The fraction of sp³-hybridized carbons (Fsp3) is 0.500. The average Bonchev–Trinajstić information content (AvgIpc) is 2.40. The summed E-state index contributed by atoms with van der Waals surface area (Å²) >= 11 is 4.04. The van der Waals surface area contributed by atoms with E-state index in [4.69, 9.17) is 4.74 Å². The molecule has 19 heavy (non-hydrogen) atoms. The first kappa shape index (κ1) is 14.3. The van der Waals surface area contributed by atoms with Gasteiger partial charge in [0.2, 0.25) is 0 Å². The molecule has 1 aromatic rings. The lowest BCUT2D eigenvalue weighted by molar-refractivity contribution is -0.162. The highest BCUT2D eigenvalue weighted by atomic mass is 32.1. The van der Waals surface area contributed by atoms with Crippen LogP contribution in [0.4, 0.5) is 4.39 Å². The van der Waals surface area contributed by atoms with Crippen LogP contribution in [-0.4, -0.2) is 24.8 Å². The maximum absolute atomic E-state index is 13.0. The Morgan fingerprint density at radius 1 is 1.42 bits per heavy atom. The quantitative estimate of drug-likeness (QED) is 0.657. The van der Waals surface area contributed by atoms with Crippen molar-refractivity contribution in [2.75, 3.05) is 18.8 Å². The number of hydrogen-bond acceptors (Lipinski definition) is 4. The summed E-state index contributed by atoms with van der Waals surface area (Å²) in [6, 6.07) is 6.18. The lowest BCUT2D eigenvalue weighted by Gasteiger charge is -2.37. The molecule has 0 amide bonds. The maximum atomic E-state index is 13.0. The first-order valence-electron chi connectivity index (χ1n) is 6.46. The Kier molecular flexibility index (Phi) is 4.82. The van der Waals surface area contributed by atoms with E-state index in [1.807, 2.05) is 0 Å².